The highest BCUT2D eigenvalue weighted by atomic mass is 16.5. The van der Waals surface area contributed by atoms with E-state index in [1.807, 2.05) is 6.92 Å². The molecule has 0 saturated carbocycles. The molecule has 1 aliphatic carbocycles. The van der Waals surface area contributed by atoms with Crippen LogP contribution in [0.3, 0.4) is 0 Å². The lowest BCUT2D eigenvalue weighted by atomic mass is 9.69. The molecule has 25 heavy (non-hydrogen) atoms. The summed E-state index contributed by atoms with van der Waals surface area (Å²) in [5, 5.41) is 9.54. The summed E-state index contributed by atoms with van der Waals surface area (Å²) in [4.78, 5) is 19.5. The van der Waals surface area contributed by atoms with Crippen molar-refractivity contribution < 1.29 is 14.6 Å². The van der Waals surface area contributed by atoms with Crippen molar-refractivity contribution in [1.82, 2.24) is 4.98 Å². The van der Waals surface area contributed by atoms with Gasteiger partial charge < -0.3 is 14.7 Å². The maximum atomic E-state index is 13.1. The van der Waals surface area contributed by atoms with Crippen molar-refractivity contribution >= 4 is 11.5 Å². The molecule has 1 atom stereocenters. The van der Waals surface area contributed by atoms with Crippen LogP contribution in [-0.2, 0) is 16.6 Å². The first-order chi connectivity index (χ1) is 12.1. The van der Waals surface area contributed by atoms with Crippen molar-refractivity contribution in [3.63, 3.8) is 0 Å². The molecule has 0 radical (unpaired) electrons. The summed E-state index contributed by atoms with van der Waals surface area (Å²) >= 11 is 0. The fraction of sp³-hybridized carbons (Fsp3) is 0.400. The summed E-state index contributed by atoms with van der Waals surface area (Å²) in [5.41, 5.74) is 2.99. The van der Waals surface area contributed by atoms with Crippen molar-refractivity contribution in [2.75, 3.05) is 31.2 Å². The van der Waals surface area contributed by atoms with Crippen LogP contribution >= 0.6 is 0 Å². The van der Waals surface area contributed by atoms with Gasteiger partial charge in [-0.3, -0.25) is 4.79 Å². The largest absolute Gasteiger partial charge is 0.493 e. The van der Waals surface area contributed by atoms with Gasteiger partial charge in [-0.15, -0.1) is 0 Å². The normalized spacial score (nSPS) is 23.4. The first-order valence-corrected chi connectivity index (χ1v) is 8.75. The molecular formula is C20H22N2O3. The molecule has 130 valence electrons. The van der Waals surface area contributed by atoms with E-state index in [2.05, 4.69) is 34.1 Å². The highest BCUT2D eigenvalue weighted by Crippen LogP contribution is 2.38. The van der Waals surface area contributed by atoms with Gasteiger partial charge in [0.25, 0.3) is 0 Å². The molecule has 0 spiro atoms. The molecule has 4 rings (SSSR count). The molecule has 0 amide bonds. The van der Waals surface area contributed by atoms with Crippen LogP contribution in [0.15, 0.2) is 36.4 Å². The Kier molecular flexibility index (Phi) is 3.96. The zero-order valence-corrected chi connectivity index (χ0v) is 14.4. The number of hydrogen-bond acceptors (Lipinski definition) is 5. The van der Waals surface area contributed by atoms with Crippen LogP contribution in [0.1, 0.15) is 35.0 Å². The fourth-order valence-corrected chi connectivity index (χ4v) is 3.80. The van der Waals surface area contributed by atoms with Gasteiger partial charge in [-0.25, -0.2) is 4.98 Å². The van der Waals surface area contributed by atoms with Crippen LogP contribution in [0.2, 0.25) is 0 Å². The lowest BCUT2D eigenvalue weighted by molar-refractivity contribution is 0.0874. The third kappa shape index (κ3) is 2.78. The number of nitrogens with zero attached hydrogens (tertiary/aromatic N) is 2. The molecule has 1 fully saturated rings. The number of ketones is 1. The topological polar surface area (TPSA) is 62.7 Å². The van der Waals surface area contributed by atoms with Crippen molar-refractivity contribution in [1.29, 1.82) is 0 Å². The van der Waals surface area contributed by atoms with Gasteiger partial charge in [0.2, 0.25) is 5.88 Å². The van der Waals surface area contributed by atoms with Crippen LogP contribution in [0, 0.1) is 0 Å². The average Bonchev–Trinajstić information content (AvgIpc) is 2.66. The van der Waals surface area contributed by atoms with Gasteiger partial charge in [0.1, 0.15) is 0 Å². The minimum atomic E-state index is -0.546. The minimum absolute atomic E-state index is 0.0231. The first kappa shape index (κ1) is 16.1. The number of aromatic nitrogens is 1. The van der Waals surface area contributed by atoms with E-state index < -0.39 is 5.41 Å². The second kappa shape index (κ2) is 6.15. The third-order valence-corrected chi connectivity index (χ3v) is 5.45. The van der Waals surface area contributed by atoms with E-state index in [1.54, 1.807) is 6.07 Å². The smallest absolute Gasteiger partial charge is 0.210 e. The second-order valence-corrected chi connectivity index (χ2v) is 6.97. The number of benzene rings is 1. The zero-order valence-electron chi connectivity index (χ0n) is 14.4. The molecule has 1 aliphatic heterocycles. The molecule has 5 nitrogen and oxygen atoms in total. The summed E-state index contributed by atoms with van der Waals surface area (Å²) in [6.45, 7) is 5.33. The van der Waals surface area contributed by atoms with E-state index in [0.717, 1.165) is 31.9 Å². The number of morpholine rings is 1. The summed E-state index contributed by atoms with van der Waals surface area (Å²) in [6.07, 6.45) is 1.39. The SMILES string of the molecule is CC1(c2ccc(N3CCOCC3)cc2)CCc2nc(O)ccc2C1=O. The van der Waals surface area contributed by atoms with Crippen LogP contribution in [-0.4, -0.2) is 42.2 Å². The Morgan fingerprint density at radius 2 is 1.84 bits per heavy atom. The predicted molar refractivity (Wildman–Crippen MR) is 95.4 cm³/mol. The lowest BCUT2D eigenvalue weighted by Gasteiger charge is -2.34. The van der Waals surface area contributed by atoms with Crippen molar-refractivity contribution in [3.05, 3.63) is 53.2 Å². The molecule has 2 aromatic rings. The number of anilines is 1. The molecule has 0 bridgehead atoms. The zero-order chi connectivity index (χ0) is 17.4. The summed E-state index contributed by atoms with van der Waals surface area (Å²) in [7, 11) is 0. The van der Waals surface area contributed by atoms with E-state index in [0.29, 0.717) is 24.1 Å². The Hall–Kier alpha value is -2.40. The van der Waals surface area contributed by atoms with E-state index in [9.17, 15) is 9.90 Å². The van der Waals surface area contributed by atoms with E-state index in [-0.39, 0.29) is 11.7 Å². The average molecular weight is 338 g/mol. The highest BCUT2D eigenvalue weighted by Gasteiger charge is 2.40. The van der Waals surface area contributed by atoms with Crippen LogP contribution in [0.5, 0.6) is 5.88 Å². The number of hydrogen-bond donors (Lipinski definition) is 1. The van der Waals surface area contributed by atoms with Gasteiger partial charge in [0.15, 0.2) is 5.78 Å². The Bertz CT molecular complexity index is 797. The van der Waals surface area contributed by atoms with Gasteiger partial charge in [-0.05, 0) is 43.5 Å². The molecule has 1 saturated heterocycles. The minimum Gasteiger partial charge on any atom is -0.493 e. The summed E-state index contributed by atoms with van der Waals surface area (Å²) in [6, 6.07) is 11.5. The maximum Gasteiger partial charge on any atom is 0.210 e. The third-order valence-electron chi connectivity index (χ3n) is 5.45. The number of rotatable bonds is 2. The van der Waals surface area contributed by atoms with Crippen molar-refractivity contribution in [2.45, 2.75) is 25.2 Å². The molecule has 1 aromatic carbocycles. The number of aryl methyl sites for hydroxylation is 1. The van der Waals surface area contributed by atoms with E-state index in [1.165, 1.54) is 11.8 Å². The van der Waals surface area contributed by atoms with Gasteiger partial charge in [0.05, 0.1) is 24.3 Å². The maximum absolute atomic E-state index is 13.1. The molecule has 1 N–H and O–H groups in total. The van der Waals surface area contributed by atoms with Gasteiger partial charge >= 0.3 is 0 Å². The fourth-order valence-electron chi connectivity index (χ4n) is 3.80. The number of Topliss-reactive ketones (excluding diaryl/α,β-unsaturated/α-hetero) is 1. The second-order valence-electron chi connectivity index (χ2n) is 6.97. The van der Waals surface area contributed by atoms with Gasteiger partial charge in [0, 0.05) is 30.4 Å². The van der Waals surface area contributed by atoms with Gasteiger partial charge in [-0.1, -0.05) is 12.1 Å². The number of ether oxygens (including phenoxy) is 1. The summed E-state index contributed by atoms with van der Waals surface area (Å²) in [5.74, 6) is 0.0605. The molecule has 1 unspecified atom stereocenters. The van der Waals surface area contributed by atoms with Gasteiger partial charge in [-0.2, -0.15) is 0 Å². The van der Waals surface area contributed by atoms with E-state index >= 15 is 0 Å². The Balaban J connectivity index is 1.62. The number of pyridine rings is 1. The van der Waals surface area contributed by atoms with Crippen LogP contribution < -0.4 is 4.90 Å². The number of aromatic hydroxyl groups is 1. The van der Waals surface area contributed by atoms with Crippen LogP contribution in [0.25, 0.3) is 0 Å². The monoisotopic (exact) mass is 338 g/mol. The summed E-state index contributed by atoms with van der Waals surface area (Å²) < 4.78 is 5.40. The molecule has 5 heteroatoms. The number of carbonyl (C=O) groups excluding carboxylic acids is 1. The van der Waals surface area contributed by atoms with E-state index in [4.69, 9.17) is 4.74 Å². The molecular weight excluding hydrogens is 316 g/mol. The highest BCUT2D eigenvalue weighted by molar-refractivity contribution is 6.05. The molecule has 2 heterocycles. The Labute approximate surface area is 147 Å². The predicted octanol–water partition coefficient (Wildman–Crippen LogP) is 2.71. The quantitative estimate of drug-likeness (QED) is 0.912. The number of carbonyl (C=O) groups is 1. The first-order valence-electron chi connectivity index (χ1n) is 8.75. The molecule has 2 aliphatic rings. The lowest BCUT2D eigenvalue weighted by Crippen LogP contribution is -2.38. The van der Waals surface area contributed by atoms with Crippen molar-refractivity contribution in [2.24, 2.45) is 0 Å². The number of fused-ring (bicyclic) bond motifs is 1. The standard InChI is InChI=1S/C20H22N2O3/c1-20(9-8-17-16(19(20)24)6-7-18(23)21-17)14-2-4-15(5-3-14)22-10-12-25-13-11-22/h2-7H,8-13H2,1H3,(H,21,23). The Morgan fingerprint density at radius 3 is 2.56 bits per heavy atom. The van der Waals surface area contributed by atoms with Crippen LogP contribution in [0.4, 0.5) is 5.69 Å². The Morgan fingerprint density at radius 1 is 1.12 bits per heavy atom. The molecule has 1 aromatic heterocycles. The van der Waals surface area contributed by atoms with Crippen molar-refractivity contribution in [3.8, 4) is 5.88 Å².